The van der Waals surface area contributed by atoms with E-state index in [1.165, 1.54) is 31.6 Å². The van der Waals surface area contributed by atoms with Crippen LogP contribution in [0.25, 0.3) is 0 Å². The van der Waals surface area contributed by atoms with Crippen molar-refractivity contribution in [3.8, 4) is 11.5 Å². The summed E-state index contributed by atoms with van der Waals surface area (Å²) in [5, 5.41) is 59.8. The lowest BCUT2D eigenvalue weighted by Gasteiger charge is -2.43. The summed E-state index contributed by atoms with van der Waals surface area (Å²) in [5.74, 6) is -1.95. The van der Waals surface area contributed by atoms with Gasteiger partial charge < -0.3 is 59.1 Å². The van der Waals surface area contributed by atoms with Gasteiger partial charge in [0.2, 0.25) is 6.29 Å². The topological polar surface area (TPSA) is 197 Å². The highest BCUT2D eigenvalue weighted by atomic mass is 16.8. The van der Waals surface area contributed by atoms with Crippen LogP contribution >= 0.6 is 0 Å². The number of aliphatic hydroxyl groups excluding tert-OH is 5. The van der Waals surface area contributed by atoms with Crippen LogP contribution in [-0.2, 0) is 23.7 Å². The third kappa shape index (κ3) is 3.92. The predicted molar refractivity (Wildman–Crippen MR) is 114 cm³/mol. The number of aromatic hydroxyl groups is 1. The first kappa shape index (κ1) is 25.2. The fourth-order valence-corrected chi connectivity index (χ4v) is 5.28. The number of esters is 1. The van der Waals surface area contributed by atoms with Gasteiger partial charge in [0.05, 0.1) is 38.1 Å². The van der Waals surface area contributed by atoms with Crippen molar-refractivity contribution < 1.29 is 63.9 Å². The first-order valence-electron chi connectivity index (χ1n) is 11.4. The van der Waals surface area contributed by atoms with E-state index in [0.717, 1.165) is 0 Å². The molecule has 3 heterocycles. The van der Waals surface area contributed by atoms with Gasteiger partial charge in [-0.3, -0.25) is 0 Å². The minimum absolute atomic E-state index is 0.0973. The molecule has 11 atom stereocenters. The van der Waals surface area contributed by atoms with Crippen LogP contribution in [0.4, 0.5) is 0 Å². The molecular weight excluding hydrogens is 484 g/mol. The van der Waals surface area contributed by atoms with Crippen molar-refractivity contribution in [3.63, 3.8) is 0 Å². The van der Waals surface area contributed by atoms with E-state index in [1.807, 2.05) is 0 Å². The minimum Gasteiger partial charge on any atom is -0.504 e. The molecule has 2 saturated heterocycles. The number of hydrogen-bond acceptors (Lipinski definition) is 13. The summed E-state index contributed by atoms with van der Waals surface area (Å²) in [5.41, 5.74) is -1.03. The lowest BCUT2D eigenvalue weighted by molar-refractivity contribution is -0.344. The molecule has 0 bridgehead atoms. The highest BCUT2D eigenvalue weighted by Crippen LogP contribution is 2.60. The Morgan fingerprint density at radius 1 is 1.11 bits per heavy atom. The van der Waals surface area contributed by atoms with Gasteiger partial charge in [-0.2, -0.15) is 0 Å². The van der Waals surface area contributed by atoms with Gasteiger partial charge in [0.15, 0.2) is 17.8 Å². The number of epoxide rings is 1. The lowest BCUT2D eigenvalue weighted by Crippen LogP contribution is -2.60. The standard InChI is InChI=1S/C23H28O13/c1-31-12-6-9(2-3-11(12)26)20(30)34-18-10-4-5-32-21(14(10)23(8-25)19(18)36-23)35-22-17(29)16(28)15(27)13(7-24)33-22/h2-6,10,13-19,21-22,24-29H,7-8H2,1H3/t10-,13-,14-,15-,16+,17-,18+,19?,21+,22+,23-/m1/s1. The van der Waals surface area contributed by atoms with Gasteiger partial charge in [0.25, 0.3) is 0 Å². The molecule has 4 aliphatic rings. The number of hydrogen-bond donors (Lipinski definition) is 6. The van der Waals surface area contributed by atoms with Crippen molar-refractivity contribution in [1.29, 1.82) is 0 Å². The van der Waals surface area contributed by atoms with Gasteiger partial charge in [-0.15, -0.1) is 0 Å². The van der Waals surface area contributed by atoms with Gasteiger partial charge in [-0.05, 0) is 24.3 Å². The number of benzene rings is 1. The molecule has 1 saturated carbocycles. The average molecular weight is 512 g/mol. The molecule has 0 amide bonds. The number of aliphatic hydroxyl groups is 5. The summed E-state index contributed by atoms with van der Waals surface area (Å²) in [6.07, 6.45) is -7.19. The quantitative estimate of drug-likeness (QED) is 0.173. The normalized spacial score (nSPS) is 42.7. The maximum absolute atomic E-state index is 12.9. The maximum atomic E-state index is 12.9. The van der Waals surface area contributed by atoms with Crippen molar-refractivity contribution in [1.82, 2.24) is 0 Å². The number of carbonyl (C=O) groups excluding carboxylic acids is 1. The van der Waals surface area contributed by atoms with Gasteiger partial charge in [0, 0.05) is 5.92 Å². The van der Waals surface area contributed by atoms with Crippen molar-refractivity contribution in [2.24, 2.45) is 11.8 Å². The minimum atomic E-state index is -1.66. The molecule has 1 unspecified atom stereocenters. The van der Waals surface area contributed by atoms with Crippen LogP contribution in [0.5, 0.6) is 11.5 Å². The van der Waals surface area contributed by atoms with E-state index in [1.54, 1.807) is 6.08 Å². The van der Waals surface area contributed by atoms with Gasteiger partial charge >= 0.3 is 5.97 Å². The fourth-order valence-electron chi connectivity index (χ4n) is 5.28. The summed E-state index contributed by atoms with van der Waals surface area (Å²) in [6.45, 7) is -1.07. The fraction of sp³-hybridized carbons (Fsp3) is 0.609. The Morgan fingerprint density at radius 3 is 2.58 bits per heavy atom. The monoisotopic (exact) mass is 512 g/mol. The molecule has 5 rings (SSSR count). The second-order valence-corrected chi connectivity index (χ2v) is 9.18. The maximum Gasteiger partial charge on any atom is 0.338 e. The molecule has 6 N–H and O–H groups in total. The molecule has 3 aliphatic heterocycles. The van der Waals surface area contributed by atoms with Crippen molar-refractivity contribution >= 4 is 5.97 Å². The summed E-state index contributed by atoms with van der Waals surface area (Å²) in [7, 11) is 1.35. The second-order valence-electron chi connectivity index (χ2n) is 9.18. The molecule has 198 valence electrons. The molecule has 1 aromatic rings. The number of carbonyl (C=O) groups is 1. The zero-order chi connectivity index (χ0) is 25.8. The van der Waals surface area contributed by atoms with E-state index in [9.17, 15) is 35.4 Å². The lowest BCUT2D eigenvalue weighted by atomic mass is 9.85. The number of phenols is 1. The Labute approximate surface area is 205 Å². The molecule has 0 radical (unpaired) electrons. The summed E-state index contributed by atoms with van der Waals surface area (Å²) in [4.78, 5) is 12.9. The molecule has 0 spiro atoms. The summed E-state index contributed by atoms with van der Waals surface area (Å²) < 4.78 is 33.4. The van der Waals surface area contributed by atoms with E-state index < -0.39 is 85.8 Å². The Kier molecular flexibility index (Phi) is 6.59. The largest absolute Gasteiger partial charge is 0.504 e. The van der Waals surface area contributed by atoms with Gasteiger partial charge in [0.1, 0.15) is 42.2 Å². The Hall–Kier alpha value is -2.49. The predicted octanol–water partition coefficient (Wildman–Crippen LogP) is -2.01. The van der Waals surface area contributed by atoms with Crippen LogP contribution in [0.15, 0.2) is 30.5 Å². The van der Waals surface area contributed by atoms with E-state index in [-0.39, 0.29) is 17.1 Å². The number of phenolic OH excluding ortho intramolecular Hbond substituents is 1. The molecule has 1 aliphatic carbocycles. The molecular formula is C23H28O13. The summed E-state index contributed by atoms with van der Waals surface area (Å²) in [6, 6.07) is 4.02. The zero-order valence-electron chi connectivity index (χ0n) is 19.1. The number of methoxy groups -OCH3 is 1. The van der Waals surface area contributed by atoms with Crippen LogP contribution < -0.4 is 4.74 Å². The SMILES string of the molecule is COc1cc(C(=O)O[C@@H]2C3O[C@]3(CO)[C@H]3[C@H](O[C@@H]4O[C@H](CO)[C@@H](O)[C@H](O)[C@H]4O)OC=C[C@H]32)ccc1O. The average Bonchev–Trinajstić information content (AvgIpc) is 3.56. The van der Waals surface area contributed by atoms with Crippen LogP contribution in [0.1, 0.15) is 10.4 Å². The zero-order valence-corrected chi connectivity index (χ0v) is 19.1. The first-order chi connectivity index (χ1) is 17.2. The molecule has 13 heteroatoms. The Balaban J connectivity index is 1.35. The second kappa shape index (κ2) is 9.43. The van der Waals surface area contributed by atoms with E-state index in [0.29, 0.717) is 0 Å². The first-order valence-corrected chi connectivity index (χ1v) is 11.4. The van der Waals surface area contributed by atoms with Crippen molar-refractivity contribution in [2.45, 2.75) is 54.8 Å². The van der Waals surface area contributed by atoms with Crippen molar-refractivity contribution in [3.05, 3.63) is 36.1 Å². The van der Waals surface area contributed by atoms with E-state index in [2.05, 4.69) is 0 Å². The third-order valence-corrected chi connectivity index (χ3v) is 7.26. The molecule has 13 nitrogen and oxygen atoms in total. The number of ether oxygens (including phenoxy) is 6. The molecule has 36 heavy (non-hydrogen) atoms. The number of rotatable bonds is 7. The smallest absolute Gasteiger partial charge is 0.338 e. The highest BCUT2D eigenvalue weighted by Gasteiger charge is 2.77. The molecule has 3 fully saturated rings. The highest BCUT2D eigenvalue weighted by molar-refractivity contribution is 5.90. The van der Waals surface area contributed by atoms with Gasteiger partial charge in [-0.25, -0.2) is 4.79 Å². The Morgan fingerprint density at radius 2 is 1.89 bits per heavy atom. The number of fused-ring (bicyclic) bond motifs is 3. The van der Waals surface area contributed by atoms with Crippen LogP contribution in [0, 0.1) is 11.8 Å². The van der Waals surface area contributed by atoms with E-state index >= 15 is 0 Å². The van der Waals surface area contributed by atoms with Crippen LogP contribution in [-0.4, -0.2) is 112 Å². The van der Waals surface area contributed by atoms with Crippen LogP contribution in [0.2, 0.25) is 0 Å². The molecule has 1 aromatic carbocycles. The third-order valence-electron chi connectivity index (χ3n) is 7.26. The summed E-state index contributed by atoms with van der Waals surface area (Å²) >= 11 is 0. The Bertz CT molecular complexity index is 1010. The molecule has 0 aromatic heterocycles. The van der Waals surface area contributed by atoms with Crippen molar-refractivity contribution in [2.75, 3.05) is 20.3 Å². The van der Waals surface area contributed by atoms with Gasteiger partial charge in [-0.1, -0.05) is 0 Å². The van der Waals surface area contributed by atoms with E-state index in [4.69, 9.17) is 28.4 Å². The van der Waals surface area contributed by atoms with Crippen LogP contribution in [0.3, 0.4) is 0 Å².